The number of hydrogen-bond acceptors (Lipinski definition) is 1. The molecule has 136 valence electrons. The molecule has 0 bridgehead atoms. The third-order valence-corrected chi connectivity index (χ3v) is 4.73. The number of benzene rings is 2. The largest absolute Gasteiger partial charge is 0.462 e. The highest BCUT2D eigenvalue weighted by Gasteiger charge is 2.25. The summed E-state index contributed by atoms with van der Waals surface area (Å²) in [5.74, 6) is 0.582. The van der Waals surface area contributed by atoms with Crippen LogP contribution >= 0.6 is 0 Å². The first-order valence-electron chi connectivity index (χ1n) is 9.06. The molecule has 0 spiro atoms. The van der Waals surface area contributed by atoms with E-state index in [2.05, 4.69) is 49.7 Å². The standard InChI is InChI=1S/C24H22FNO/c1-24(2,3)26-15-13-20(18-9-11-19(25)12-10-18)22(26)23-21(14-16-27-23)17-7-5-4-6-8-17/h4-16H,1-3H3. The Kier molecular flexibility index (Phi) is 4.23. The molecule has 27 heavy (non-hydrogen) atoms. The van der Waals surface area contributed by atoms with Gasteiger partial charge in [0.25, 0.3) is 0 Å². The lowest BCUT2D eigenvalue weighted by atomic mass is 9.99. The molecule has 0 aliphatic carbocycles. The average molecular weight is 359 g/mol. The van der Waals surface area contributed by atoms with Gasteiger partial charge >= 0.3 is 0 Å². The Balaban J connectivity index is 1.96. The molecule has 0 unspecified atom stereocenters. The second-order valence-electron chi connectivity index (χ2n) is 7.66. The first-order valence-corrected chi connectivity index (χ1v) is 9.06. The van der Waals surface area contributed by atoms with Crippen LogP contribution in [0.15, 0.2) is 83.6 Å². The molecule has 0 aliphatic heterocycles. The number of hydrogen-bond donors (Lipinski definition) is 0. The van der Waals surface area contributed by atoms with Crippen molar-refractivity contribution in [2.45, 2.75) is 26.3 Å². The normalized spacial score (nSPS) is 11.7. The molecule has 0 saturated carbocycles. The summed E-state index contributed by atoms with van der Waals surface area (Å²) in [5.41, 5.74) is 5.00. The fourth-order valence-corrected chi connectivity index (χ4v) is 3.42. The van der Waals surface area contributed by atoms with Gasteiger partial charge in [-0.2, -0.15) is 0 Å². The zero-order chi connectivity index (χ0) is 19.0. The Morgan fingerprint density at radius 1 is 0.778 bits per heavy atom. The zero-order valence-corrected chi connectivity index (χ0v) is 15.7. The van der Waals surface area contributed by atoms with Crippen molar-refractivity contribution in [3.8, 4) is 33.7 Å². The SMILES string of the molecule is CC(C)(C)n1ccc(-c2ccc(F)cc2)c1-c1occc1-c1ccccc1. The van der Waals surface area contributed by atoms with E-state index in [4.69, 9.17) is 4.42 Å². The summed E-state index contributed by atoms with van der Waals surface area (Å²) in [6.45, 7) is 6.49. The van der Waals surface area contributed by atoms with E-state index in [1.54, 1.807) is 6.26 Å². The van der Waals surface area contributed by atoms with Gasteiger partial charge in [-0.1, -0.05) is 42.5 Å². The van der Waals surface area contributed by atoms with Crippen LogP contribution in [0.25, 0.3) is 33.7 Å². The molecular weight excluding hydrogens is 337 g/mol. The van der Waals surface area contributed by atoms with Gasteiger partial charge in [0, 0.05) is 22.9 Å². The molecule has 3 heteroatoms. The van der Waals surface area contributed by atoms with E-state index in [-0.39, 0.29) is 11.4 Å². The first-order chi connectivity index (χ1) is 12.9. The van der Waals surface area contributed by atoms with Crippen molar-refractivity contribution in [3.05, 3.63) is 85.0 Å². The van der Waals surface area contributed by atoms with Gasteiger partial charge in [0.05, 0.1) is 12.0 Å². The lowest BCUT2D eigenvalue weighted by molar-refractivity contribution is 0.399. The summed E-state index contributed by atoms with van der Waals surface area (Å²) in [6, 6.07) is 20.9. The van der Waals surface area contributed by atoms with Crippen LogP contribution in [0.4, 0.5) is 4.39 Å². The summed E-state index contributed by atoms with van der Waals surface area (Å²) in [6.07, 6.45) is 3.80. The number of nitrogens with zero attached hydrogens (tertiary/aromatic N) is 1. The van der Waals surface area contributed by atoms with Crippen LogP contribution in [0.3, 0.4) is 0 Å². The number of rotatable bonds is 3. The number of aromatic nitrogens is 1. The van der Waals surface area contributed by atoms with Gasteiger partial charge in [-0.25, -0.2) is 4.39 Å². The zero-order valence-electron chi connectivity index (χ0n) is 15.7. The van der Waals surface area contributed by atoms with Crippen molar-refractivity contribution in [1.82, 2.24) is 4.57 Å². The van der Waals surface area contributed by atoms with Crippen LogP contribution in [0.5, 0.6) is 0 Å². The maximum absolute atomic E-state index is 13.4. The number of halogens is 1. The predicted octanol–water partition coefficient (Wildman–Crippen LogP) is 6.98. The van der Waals surface area contributed by atoms with Crippen molar-refractivity contribution in [3.63, 3.8) is 0 Å². The third-order valence-electron chi connectivity index (χ3n) is 4.73. The van der Waals surface area contributed by atoms with E-state index in [9.17, 15) is 4.39 Å². The van der Waals surface area contributed by atoms with Crippen LogP contribution in [0, 0.1) is 5.82 Å². The Hall–Kier alpha value is -3.07. The van der Waals surface area contributed by atoms with E-state index >= 15 is 0 Å². The molecule has 4 rings (SSSR count). The Morgan fingerprint density at radius 3 is 2.11 bits per heavy atom. The van der Waals surface area contributed by atoms with Crippen molar-refractivity contribution >= 4 is 0 Å². The van der Waals surface area contributed by atoms with Crippen molar-refractivity contribution in [1.29, 1.82) is 0 Å². The van der Waals surface area contributed by atoms with E-state index in [1.807, 2.05) is 36.4 Å². The highest BCUT2D eigenvalue weighted by atomic mass is 19.1. The Bertz CT molecular complexity index is 1050. The van der Waals surface area contributed by atoms with Crippen LogP contribution < -0.4 is 0 Å². The summed E-state index contributed by atoms with van der Waals surface area (Å²) >= 11 is 0. The summed E-state index contributed by atoms with van der Waals surface area (Å²) in [7, 11) is 0. The Labute approximate surface area is 158 Å². The quantitative estimate of drug-likeness (QED) is 0.386. The van der Waals surface area contributed by atoms with Crippen LogP contribution in [0.1, 0.15) is 20.8 Å². The molecule has 0 fully saturated rings. The van der Waals surface area contributed by atoms with Gasteiger partial charge in [-0.3, -0.25) is 0 Å². The molecule has 2 aromatic heterocycles. The molecule has 2 heterocycles. The second kappa shape index (κ2) is 6.58. The monoisotopic (exact) mass is 359 g/mol. The molecule has 0 amide bonds. The van der Waals surface area contributed by atoms with Gasteiger partial charge in [-0.15, -0.1) is 0 Å². The molecule has 0 atom stereocenters. The maximum atomic E-state index is 13.4. The average Bonchev–Trinajstić information content (AvgIpc) is 3.29. The van der Waals surface area contributed by atoms with Gasteiger partial charge < -0.3 is 8.98 Å². The fraction of sp³-hybridized carbons (Fsp3) is 0.167. The molecular formula is C24H22FNO. The minimum Gasteiger partial charge on any atom is -0.462 e. The molecule has 4 aromatic rings. The second-order valence-corrected chi connectivity index (χ2v) is 7.66. The molecule has 0 N–H and O–H groups in total. The summed E-state index contributed by atoms with van der Waals surface area (Å²) < 4.78 is 21.6. The lowest BCUT2D eigenvalue weighted by Gasteiger charge is -2.25. The first kappa shape index (κ1) is 17.3. The van der Waals surface area contributed by atoms with Crippen LogP contribution in [0.2, 0.25) is 0 Å². The highest BCUT2D eigenvalue weighted by Crippen LogP contribution is 2.41. The van der Waals surface area contributed by atoms with Gasteiger partial charge in [-0.05, 0) is 56.2 Å². The summed E-state index contributed by atoms with van der Waals surface area (Å²) in [5, 5.41) is 0. The van der Waals surface area contributed by atoms with Gasteiger partial charge in [0.1, 0.15) is 5.82 Å². The minimum atomic E-state index is -0.237. The molecule has 2 nitrogen and oxygen atoms in total. The van der Waals surface area contributed by atoms with Crippen molar-refractivity contribution < 1.29 is 8.81 Å². The lowest BCUT2D eigenvalue weighted by Crippen LogP contribution is -2.21. The van der Waals surface area contributed by atoms with Gasteiger partial charge in [0.15, 0.2) is 5.76 Å². The molecule has 0 saturated heterocycles. The van der Waals surface area contributed by atoms with E-state index in [1.165, 1.54) is 12.1 Å². The van der Waals surface area contributed by atoms with Crippen LogP contribution in [-0.4, -0.2) is 4.57 Å². The molecule has 0 aliphatic rings. The molecule has 0 radical (unpaired) electrons. The van der Waals surface area contributed by atoms with E-state index in [0.29, 0.717) is 0 Å². The maximum Gasteiger partial charge on any atom is 0.158 e. The third kappa shape index (κ3) is 3.21. The van der Waals surface area contributed by atoms with Gasteiger partial charge in [0.2, 0.25) is 0 Å². The fourth-order valence-electron chi connectivity index (χ4n) is 3.42. The molecule has 2 aromatic carbocycles. The predicted molar refractivity (Wildman–Crippen MR) is 108 cm³/mol. The topological polar surface area (TPSA) is 18.1 Å². The minimum absolute atomic E-state index is 0.131. The van der Waals surface area contributed by atoms with E-state index in [0.717, 1.165) is 33.7 Å². The van der Waals surface area contributed by atoms with Crippen molar-refractivity contribution in [2.24, 2.45) is 0 Å². The van der Waals surface area contributed by atoms with Crippen LogP contribution in [-0.2, 0) is 5.54 Å². The summed E-state index contributed by atoms with van der Waals surface area (Å²) in [4.78, 5) is 0. The van der Waals surface area contributed by atoms with Crippen molar-refractivity contribution in [2.75, 3.05) is 0 Å². The Morgan fingerprint density at radius 2 is 1.44 bits per heavy atom. The smallest absolute Gasteiger partial charge is 0.158 e. The van der Waals surface area contributed by atoms with E-state index < -0.39 is 0 Å². The number of furan rings is 1. The highest BCUT2D eigenvalue weighted by molar-refractivity contribution is 5.87.